The van der Waals surface area contributed by atoms with Gasteiger partial charge >= 0.3 is 0 Å². The van der Waals surface area contributed by atoms with Gasteiger partial charge in [-0.15, -0.1) is 0 Å². The summed E-state index contributed by atoms with van der Waals surface area (Å²) in [6, 6.07) is 0. The highest BCUT2D eigenvalue weighted by atomic mass is 79.9. The Kier molecular flexibility index (Phi) is 2.83. The van der Waals surface area contributed by atoms with Crippen LogP contribution in [0, 0.1) is 20.8 Å². The topological polar surface area (TPSA) is 25.8 Å². The molecule has 0 amide bonds. The van der Waals surface area contributed by atoms with Crippen LogP contribution in [0.3, 0.4) is 0 Å². The molecule has 3 heteroatoms. The van der Waals surface area contributed by atoms with Crippen molar-refractivity contribution in [3.63, 3.8) is 0 Å². The lowest BCUT2D eigenvalue weighted by atomic mass is 10.2. The number of halogens is 1. The van der Waals surface area contributed by atoms with Crippen molar-refractivity contribution >= 4 is 15.9 Å². The van der Waals surface area contributed by atoms with Gasteiger partial charge in [-0.05, 0) is 27.7 Å². The van der Waals surface area contributed by atoms with E-state index < -0.39 is 0 Å². The van der Waals surface area contributed by atoms with E-state index >= 15 is 0 Å². The fourth-order valence-electron chi connectivity index (χ4n) is 1.11. The first-order valence-corrected chi connectivity index (χ1v) is 4.89. The van der Waals surface area contributed by atoms with E-state index in [-0.39, 0.29) is 4.83 Å². The lowest BCUT2D eigenvalue weighted by Gasteiger charge is -2.08. The summed E-state index contributed by atoms with van der Waals surface area (Å²) < 4.78 is 0. The van der Waals surface area contributed by atoms with Crippen molar-refractivity contribution in [3.05, 3.63) is 22.8 Å². The Bertz CT molecular complexity index is 295. The number of alkyl halides is 1. The molecule has 1 rings (SSSR count). The average Bonchev–Trinajstić information content (AvgIpc) is 1.96. The molecule has 1 aromatic rings. The zero-order chi connectivity index (χ0) is 9.30. The minimum absolute atomic E-state index is 0.282. The van der Waals surface area contributed by atoms with E-state index in [9.17, 15) is 0 Å². The van der Waals surface area contributed by atoms with Crippen molar-refractivity contribution in [2.75, 3.05) is 0 Å². The maximum Gasteiger partial charge on any atom is 0.0752 e. The van der Waals surface area contributed by atoms with Gasteiger partial charge in [0.1, 0.15) is 0 Å². The Morgan fingerprint density at radius 1 is 1.00 bits per heavy atom. The van der Waals surface area contributed by atoms with E-state index in [1.807, 2.05) is 20.8 Å². The second kappa shape index (κ2) is 3.52. The molecule has 12 heavy (non-hydrogen) atoms. The molecule has 0 saturated carbocycles. The molecule has 0 aliphatic rings. The van der Waals surface area contributed by atoms with E-state index in [2.05, 4.69) is 32.8 Å². The number of hydrogen-bond acceptors (Lipinski definition) is 2. The maximum absolute atomic E-state index is 4.46. The number of hydrogen-bond donors (Lipinski definition) is 0. The van der Waals surface area contributed by atoms with Gasteiger partial charge in [0.2, 0.25) is 0 Å². The van der Waals surface area contributed by atoms with E-state index in [1.54, 1.807) is 0 Å². The lowest BCUT2D eigenvalue weighted by Crippen LogP contribution is -2.02. The molecule has 0 fully saturated rings. The Labute approximate surface area is 81.6 Å². The normalized spacial score (nSPS) is 13.1. The van der Waals surface area contributed by atoms with Gasteiger partial charge in [-0.25, -0.2) is 0 Å². The third-order valence-electron chi connectivity index (χ3n) is 1.89. The van der Waals surface area contributed by atoms with Crippen LogP contribution in [-0.4, -0.2) is 9.97 Å². The van der Waals surface area contributed by atoms with Crippen LogP contribution in [0.1, 0.15) is 34.5 Å². The molecule has 0 radical (unpaired) electrons. The van der Waals surface area contributed by atoms with Crippen molar-refractivity contribution in [3.8, 4) is 0 Å². The molecule has 0 bridgehead atoms. The predicted molar refractivity (Wildman–Crippen MR) is 53.6 cm³/mol. The van der Waals surface area contributed by atoms with Gasteiger partial charge in [0.05, 0.1) is 27.6 Å². The minimum Gasteiger partial charge on any atom is -0.255 e. The van der Waals surface area contributed by atoms with Crippen molar-refractivity contribution in [2.45, 2.75) is 32.5 Å². The standard InChI is InChI=1S/C9H13BrN2/c1-5(10)9-8(4)11-6(2)7(3)12-9/h5H,1-4H3. The predicted octanol–water partition coefficient (Wildman–Crippen LogP) is 2.86. The number of nitrogens with zero attached hydrogens (tertiary/aromatic N) is 2. The third kappa shape index (κ3) is 1.83. The van der Waals surface area contributed by atoms with E-state index in [0.29, 0.717) is 0 Å². The molecule has 0 N–H and O–H groups in total. The first-order chi connectivity index (χ1) is 5.52. The second-order valence-corrected chi connectivity index (χ2v) is 4.35. The zero-order valence-corrected chi connectivity index (χ0v) is 9.44. The minimum atomic E-state index is 0.282. The van der Waals surface area contributed by atoms with Crippen LogP contribution in [0.15, 0.2) is 0 Å². The van der Waals surface area contributed by atoms with Crippen LogP contribution in [0.25, 0.3) is 0 Å². The smallest absolute Gasteiger partial charge is 0.0752 e. The van der Waals surface area contributed by atoms with Crippen LogP contribution in [0.2, 0.25) is 0 Å². The van der Waals surface area contributed by atoms with Crippen LogP contribution in [0.4, 0.5) is 0 Å². The Hall–Kier alpha value is -0.440. The van der Waals surface area contributed by atoms with Crippen molar-refractivity contribution < 1.29 is 0 Å². The number of aryl methyl sites for hydroxylation is 3. The van der Waals surface area contributed by atoms with Crippen molar-refractivity contribution in [2.24, 2.45) is 0 Å². The SMILES string of the molecule is Cc1nc(C)c(C(C)Br)nc1C. The van der Waals surface area contributed by atoms with Crippen LogP contribution in [0.5, 0.6) is 0 Å². The molecule has 1 unspecified atom stereocenters. The van der Waals surface area contributed by atoms with Gasteiger partial charge < -0.3 is 0 Å². The highest BCUT2D eigenvalue weighted by Crippen LogP contribution is 2.22. The molecule has 0 aliphatic heterocycles. The van der Waals surface area contributed by atoms with E-state index in [0.717, 1.165) is 22.8 Å². The summed E-state index contributed by atoms with van der Waals surface area (Å²) in [5.41, 5.74) is 4.09. The van der Waals surface area contributed by atoms with Crippen molar-refractivity contribution in [1.29, 1.82) is 0 Å². The third-order valence-corrected chi connectivity index (χ3v) is 2.33. The Balaban J connectivity index is 3.23. The zero-order valence-electron chi connectivity index (χ0n) is 7.85. The summed E-state index contributed by atoms with van der Waals surface area (Å²) in [6.45, 7) is 8.02. The van der Waals surface area contributed by atoms with Gasteiger partial charge in [0.25, 0.3) is 0 Å². The second-order valence-electron chi connectivity index (χ2n) is 2.98. The highest BCUT2D eigenvalue weighted by molar-refractivity contribution is 9.09. The summed E-state index contributed by atoms with van der Waals surface area (Å²) in [7, 11) is 0. The monoisotopic (exact) mass is 228 g/mol. The van der Waals surface area contributed by atoms with Gasteiger partial charge in [0, 0.05) is 0 Å². The lowest BCUT2D eigenvalue weighted by molar-refractivity contribution is 0.899. The molecule has 1 heterocycles. The fourth-order valence-corrected chi connectivity index (χ4v) is 1.54. The van der Waals surface area contributed by atoms with E-state index in [4.69, 9.17) is 0 Å². The Morgan fingerprint density at radius 3 is 2.00 bits per heavy atom. The molecule has 0 spiro atoms. The molecule has 0 saturated heterocycles. The van der Waals surface area contributed by atoms with Gasteiger partial charge in [-0.2, -0.15) is 0 Å². The Morgan fingerprint density at radius 2 is 1.50 bits per heavy atom. The largest absolute Gasteiger partial charge is 0.255 e. The first kappa shape index (κ1) is 9.65. The molecule has 0 aromatic carbocycles. The van der Waals surface area contributed by atoms with Crippen molar-refractivity contribution in [1.82, 2.24) is 9.97 Å². The van der Waals surface area contributed by atoms with Gasteiger partial charge in [-0.3, -0.25) is 9.97 Å². The molecular formula is C9H13BrN2. The number of aromatic nitrogens is 2. The quantitative estimate of drug-likeness (QED) is 0.692. The van der Waals surface area contributed by atoms with Crippen LogP contribution < -0.4 is 0 Å². The summed E-state index contributed by atoms with van der Waals surface area (Å²) in [4.78, 5) is 9.15. The highest BCUT2D eigenvalue weighted by Gasteiger charge is 2.09. The maximum atomic E-state index is 4.46. The summed E-state index contributed by atoms with van der Waals surface area (Å²) in [5, 5.41) is 0. The number of rotatable bonds is 1. The van der Waals surface area contributed by atoms with E-state index in [1.165, 1.54) is 0 Å². The fraction of sp³-hybridized carbons (Fsp3) is 0.556. The van der Waals surface area contributed by atoms with Crippen LogP contribution in [-0.2, 0) is 0 Å². The summed E-state index contributed by atoms with van der Waals surface area (Å²) in [5.74, 6) is 0. The average molecular weight is 229 g/mol. The molecule has 2 nitrogen and oxygen atoms in total. The molecule has 1 atom stereocenters. The molecular weight excluding hydrogens is 216 g/mol. The first-order valence-electron chi connectivity index (χ1n) is 3.98. The van der Waals surface area contributed by atoms with Gasteiger partial charge in [-0.1, -0.05) is 15.9 Å². The van der Waals surface area contributed by atoms with Crippen LogP contribution >= 0.6 is 15.9 Å². The van der Waals surface area contributed by atoms with Gasteiger partial charge in [0.15, 0.2) is 0 Å². The summed E-state index contributed by atoms with van der Waals surface area (Å²) >= 11 is 3.49. The summed E-state index contributed by atoms with van der Waals surface area (Å²) in [6.07, 6.45) is 0. The molecule has 66 valence electrons. The molecule has 1 aromatic heterocycles. The molecule has 0 aliphatic carbocycles.